The first-order chi connectivity index (χ1) is 11.5. The zero-order chi connectivity index (χ0) is 17.1. The summed E-state index contributed by atoms with van der Waals surface area (Å²) in [5.74, 6) is 1.06. The van der Waals surface area contributed by atoms with Crippen LogP contribution in [0.3, 0.4) is 0 Å². The Balaban J connectivity index is 1.57. The van der Waals surface area contributed by atoms with Gasteiger partial charge in [-0.05, 0) is 37.6 Å². The van der Waals surface area contributed by atoms with Crippen molar-refractivity contribution in [1.29, 1.82) is 0 Å². The molecule has 0 aliphatic carbocycles. The first-order valence-corrected chi connectivity index (χ1v) is 7.83. The standard InChI is InChI=1S/C19H19NO4/c1-12-3-4-13(2)15(9-12)16(21)6-8-19(22)20-14-5-7-17-18(10-14)24-11-23-17/h3-5,7,9-10H,6,8,11H2,1-2H3,(H,20,22). The number of anilines is 1. The molecule has 0 radical (unpaired) electrons. The Morgan fingerprint density at radius 3 is 2.62 bits per heavy atom. The molecule has 0 fully saturated rings. The summed E-state index contributed by atoms with van der Waals surface area (Å²) in [6, 6.07) is 11.0. The highest BCUT2D eigenvalue weighted by atomic mass is 16.7. The number of benzene rings is 2. The molecule has 1 aliphatic rings. The van der Waals surface area contributed by atoms with Gasteiger partial charge in [0, 0.05) is 30.2 Å². The number of ketones is 1. The fourth-order valence-corrected chi connectivity index (χ4v) is 2.60. The van der Waals surface area contributed by atoms with Crippen LogP contribution in [0.5, 0.6) is 11.5 Å². The number of rotatable bonds is 5. The van der Waals surface area contributed by atoms with E-state index < -0.39 is 0 Å². The lowest BCUT2D eigenvalue weighted by molar-refractivity contribution is -0.116. The highest BCUT2D eigenvalue weighted by Gasteiger charge is 2.15. The van der Waals surface area contributed by atoms with Crippen LogP contribution in [0.2, 0.25) is 0 Å². The van der Waals surface area contributed by atoms with E-state index in [-0.39, 0.29) is 31.3 Å². The van der Waals surface area contributed by atoms with Crippen molar-refractivity contribution in [2.75, 3.05) is 12.1 Å². The number of nitrogens with one attached hydrogen (secondary N) is 1. The van der Waals surface area contributed by atoms with Crippen LogP contribution >= 0.6 is 0 Å². The van der Waals surface area contributed by atoms with E-state index in [9.17, 15) is 9.59 Å². The maximum atomic E-state index is 12.3. The molecule has 124 valence electrons. The minimum Gasteiger partial charge on any atom is -0.454 e. The highest BCUT2D eigenvalue weighted by molar-refractivity contribution is 6.01. The number of hydrogen-bond acceptors (Lipinski definition) is 4. The van der Waals surface area contributed by atoms with E-state index in [4.69, 9.17) is 9.47 Å². The lowest BCUT2D eigenvalue weighted by Crippen LogP contribution is -2.14. The van der Waals surface area contributed by atoms with Gasteiger partial charge in [-0.15, -0.1) is 0 Å². The first-order valence-electron chi connectivity index (χ1n) is 7.83. The van der Waals surface area contributed by atoms with Gasteiger partial charge < -0.3 is 14.8 Å². The molecular formula is C19H19NO4. The predicted octanol–water partition coefficient (Wildman–Crippen LogP) is 3.63. The summed E-state index contributed by atoms with van der Waals surface area (Å²) in [6.07, 6.45) is 0.321. The van der Waals surface area contributed by atoms with E-state index in [0.29, 0.717) is 22.7 Å². The Morgan fingerprint density at radius 1 is 1.00 bits per heavy atom. The van der Waals surface area contributed by atoms with Crippen molar-refractivity contribution in [2.45, 2.75) is 26.7 Å². The van der Waals surface area contributed by atoms with Crippen molar-refractivity contribution < 1.29 is 19.1 Å². The molecule has 0 spiro atoms. The summed E-state index contributed by atoms with van der Waals surface area (Å²) >= 11 is 0. The molecule has 1 aliphatic heterocycles. The Kier molecular flexibility index (Phi) is 4.51. The van der Waals surface area contributed by atoms with Crippen molar-refractivity contribution in [3.05, 3.63) is 53.1 Å². The van der Waals surface area contributed by atoms with Crippen molar-refractivity contribution in [3.8, 4) is 11.5 Å². The number of carbonyl (C=O) groups excluding carboxylic acids is 2. The van der Waals surface area contributed by atoms with Crippen LogP contribution in [0.1, 0.15) is 34.3 Å². The summed E-state index contributed by atoms with van der Waals surface area (Å²) in [5.41, 5.74) is 3.28. The van der Waals surface area contributed by atoms with Gasteiger partial charge in [-0.2, -0.15) is 0 Å². The van der Waals surface area contributed by atoms with Crippen LogP contribution in [0, 0.1) is 13.8 Å². The van der Waals surface area contributed by atoms with Gasteiger partial charge in [-0.25, -0.2) is 0 Å². The average Bonchev–Trinajstić information content (AvgIpc) is 3.02. The number of amides is 1. The number of aryl methyl sites for hydroxylation is 2. The molecule has 0 saturated heterocycles. The summed E-state index contributed by atoms with van der Waals surface area (Å²) in [7, 11) is 0. The molecule has 1 amide bonds. The van der Waals surface area contributed by atoms with E-state index in [1.165, 1.54) is 0 Å². The Bertz CT molecular complexity index is 798. The second-order valence-corrected chi connectivity index (χ2v) is 5.86. The number of Topliss-reactive ketones (excluding diaryl/α,β-unsaturated/α-hetero) is 1. The first kappa shape index (κ1) is 16.1. The molecule has 1 N–H and O–H groups in total. The van der Waals surface area contributed by atoms with Gasteiger partial charge >= 0.3 is 0 Å². The van der Waals surface area contributed by atoms with Gasteiger partial charge in [-0.1, -0.05) is 17.7 Å². The lowest BCUT2D eigenvalue weighted by Gasteiger charge is -2.08. The molecule has 0 unspecified atom stereocenters. The van der Waals surface area contributed by atoms with E-state index in [2.05, 4.69) is 5.32 Å². The molecule has 3 rings (SSSR count). The van der Waals surface area contributed by atoms with Crippen molar-refractivity contribution in [3.63, 3.8) is 0 Å². The average molecular weight is 325 g/mol. The molecule has 0 atom stereocenters. The second-order valence-electron chi connectivity index (χ2n) is 5.86. The topological polar surface area (TPSA) is 64.6 Å². The van der Waals surface area contributed by atoms with Crippen LogP contribution in [-0.4, -0.2) is 18.5 Å². The monoisotopic (exact) mass is 325 g/mol. The van der Waals surface area contributed by atoms with Crippen molar-refractivity contribution in [1.82, 2.24) is 0 Å². The van der Waals surface area contributed by atoms with Gasteiger partial charge in [0.1, 0.15) is 0 Å². The quantitative estimate of drug-likeness (QED) is 0.853. The largest absolute Gasteiger partial charge is 0.454 e. The lowest BCUT2D eigenvalue weighted by atomic mass is 9.99. The summed E-state index contributed by atoms with van der Waals surface area (Å²) in [5, 5.41) is 2.78. The normalized spacial score (nSPS) is 12.1. The fourth-order valence-electron chi connectivity index (χ4n) is 2.60. The van der Waals surface area contributed by atoms with Gasteiger partial charge in [0.25, 0.3) is 0 Å². The maximum absolute atomic E-state index is 12.3. The molecule has 5 nitrogen and oxygen atoms in total. The zero-order valence-corrected chi connectivity index (χ0v) is 13.7. The molecule has 1 heterocycles. The van der Waals surface area contributed by atoms with Crippen molar-refractivity contribution >= 4 is 17.4 Å². The molecule has 2 aromatic rings. The third kappa shape index (κ3) is 3.56. The minimum absolute atomic E-state index is 0.0166. The van der Waals surface area contributed by atoms with Crippen LogP contribution in [-0.2, 0) is 4.79 Å². The second kappa shape index (κ2) is 6.74. The Hall–Kier alpha value is -2.82. The van der Waals surface area contributed by atoms with Gasteiger partial charge in [0.05, 0.1) is 0 Å². The summed E-state index contributed by atoms with van der Waals surface area (Å²) in [4.78, 5) is 24.4. The Labute approximate surface area is 140 Å². The molecule has 24 heavy (non-hydrogen) atoms. The third-order valence-corrected chi connectivity index (χ3v) is 3.93. The van der Waals surface area contributed by atoms with Crippen LogP contribution in [0.4, 0.5) is 5.69 Å². The number of carbonyl (C=O) groups is 2. The number of hydrogen-bond donors (Lipinski definition) is 1. The van der Waals surface area contributed by atoms with Crippen LogP contribution in [0.25, 0.3) is 0 Å². The highest BCUT2D eigenvalue weighted by Crippen LogP contribution is 2.34. The molecule has 0 aromatic heterocycles. The predicted molar refractivity (Wildman–Crippen MR) is 90.7 cm³/mol. The fraction of sp³-hybridized carbons (Fsp3) is 0.263. The Morgan fingerprint density at radius 2 is 1.79 bits per heavy atom. The number of ether oxygens (including phenoxy) is 2. The SMILES string of the molecule is Cc1ccc(C)c(C(=O)CCC(=O)Nc2ccc3c(c2)OCO3)c1. The third-order valence-electron chi connectivity index (χ3n) is 3.93. The maximum Gasteiger partial charge on any atom is 0.231 e. The van der Waals surface area contributed by atoms with E-state index >= 15 is 0 Å². The minimum atomic E-state index is -0.201. The van der Waals surface area contributed by atoms with E-state index in [1.54, 1.807) is 18.2 Å². The zero-order valence-electron chi connectivity index (χ0n) is 13.7. The van der Waals surface area contributed by atoms with E-state index in [0.717, 1.165) is 11.1 Å². The van der Waals surface area contributed by atoms with Gasteiger partial charge in [-0.3, -0.25) is 9.59 Å². The van der Waals surface area contributed by atoms with Crippen LogP contribution in [0.15, 0.2) is 36.4 Å². The molecule has 5 heteroatoms. The van der Waals surface area contributed by atoms with Crippen molar-refractivity contribution in [2.24, 2.45) is 0 Å². The summed E-state index contributed by atoms with van der Waals surface area (Å²) < 4.78 is 10.5. The molecule has 2 aromatic carbocycles. The smallest absolute Gasteiger partial charge is 0.231 e. The van der Waals surface area contributed by atoms with E-state index in [1.807, 2.05) is 32.0 Å². The van der Waals surface area contributed by atoms with Gasteiger partial charge in [0.15, 0.2) is 17.3 Å². The summed E-state index contributed by atoms with van der Waals surface area (Å²) in [6.45, 7) is 4.04. The molecular weight excluding hydrogens is 306 g/mol. The van der Waals surface area contributed by atoms with Gasteiger partial charge in [0.2, 0.25) is 12.7 Å². The molecule has 0 saturated carbocycles. The van der Waals surface area contributed by atoms with Crippen LogP contribution < -0.4 is 14.8 Å². The number of fused-ring (bicyclic) bond motifs is 1. The molecule has 0 bridgehead atoms.